The third-order valence-electron chi connectivity index (χ3n) is 4.30. The number of carbonyl (C=O) groups is 2. The van der Waals surface area contributed by atoms with Crippen LogP contribution in [0.5, 0.6) is 0 Å². The molecule has 1 unspecified atom stereocenters. The van der Waals surface area contributed by atoms with Gasteiger partial charge in [0.05, 0.1) is 0 Å². The molecule has 1 N–H and O–H groups in total. The van der Waals surface area contributed by atoms with Crippen molar-refractivity contribution in [3.05, 3.63) is 65.7 Å². The van der Waals surface area contributed by atoms with Crippen molar-refractivity contribution >= 4 is 11.8 Å². The van der Waals surface area contributed by atoms with Gasteiger partial charge in [-0.2, -0.15) is 0 Å². The summed E-state index contributed by atoms with van der Waals surface area (Å²) in [6.45, 7) is 0.893. The molecule has 0 aliphatic carbocycles. The van der Waals surface area contributed by atoms with Crippen LogP contribution >= 0.6 is 0 Å². The van der Waals surface area contributed by atoms with Gasteiger partial charge in [-0.3, -0.25) is 14.6 Å². The van der Waals surface area contributed by atoms with E-state index in [-0.39, 0.29) is 17.6 Å². The Kier molecular flexibility index (Phi) is 5.38. The molecule has 2 aromatic rings. The molecule has 130 valence electrons. The zero-order valence-corrected chi connectivity index (χ0v) is 13.8. The Hall–Kier alpha value is -2.76. The highest BCUT2D eigenvalue weighted by Gasteiger charge is 2.33. The Bertz CT molecular complexity index is 734. The Morgan fingerprint density at radius 1 is 1.28 bits per heavy atom. The first-order valence-electron chi connectivity index (χ1n) is 8.37. The number of hydrogen-bond acceptors (Lipinski definition) is 3. The van der Waals surface area contributed by atoms with Crippen LogP contribution < -0.4 is 5.32 Å². The second-order valence-electron chi connectivity index (χ2n) is 6.05. The lowest BCUT2D eigenvalue weighted by atomic mass is 10.0. The molecule has 6 heteroatoms. The van der Waals surface area contributed by atoms with E-state index >= 15 is 0 Å². The van der Waals surface area contributed by atoms with E-state index in [0.29, 0.717) is 31.5 Å². The number of benzene rings is 1. The molecule has 1 aliphatic heterocycles. The summed E-state index contributed by atoms with van der Waals surface area (Å²) in [5, 5.41) is 2.78. The molecule has 2 amide bonds. The number of halogens is 1. The van der Waals surface area contributed by atoms with Gasteiger partial charge in [-0.1, -0.05) is 18.2 Å². The number of piperazine rings is 1. The molecule has 5 nitrogen and oxygen atoms in total. The second kappa shape index (κ2) is 7.88. The van der Waals surface area contributed by atoms with Gasteiger partial charge in [0, 0.05) is 31.9 Å². The van der Waals surface area contributed by atoms with Crippen LogP contribution in [-0.2, 0) is 16.0 Å². The molecule has 25 heavy (non-hydrogen) atoms. The number of pyridine rings is 1. The predicted molar refractivity (Wildman–Crippen MR) is 91.0 cm³/mol. The zero-order chi connectivity index (χ0) is 17.6. The molecule has 3 rings (SSSR count). The van der Waals surface area contributed by atoms with Crippen molar-refractivity contribution in [1.82, 2.24) is 15.2 Å². The first kappa shape index (κ1) is 17.1. The maximum Gasteiger partial charge on any atom is 0.247 e. The maximum atomic E-state index is 13.1. The molecule has 2 heterocycles. The SMILES string of the molecule is O=C1NCCN(C(=O)CCCc2cccnc2)C1c1ccc(F)cc1. The summed E-state index contributed by atoms with van der Waals surface area (Å²) in [6.07, 6.45) is 5.33. The van der Waals surface area contributed by atoms with Crippen LogP contribution in [0, 0.1) is 5.82 Å². The van der Waals surface area contributed by atoms with Crippen LogP contribution in [0.4, 0.5) is 4.39 Å². The van der Waals surface area contributed by atoms with Crippen molar-refractivity contribution < 1.29 is 14.0 Å². The second-order valence-corrected chi connectivity index (χ2v) is 6.05. The van der Waals surface area contributed by atoms with Gasteiger partial charge in [-0.15, -0.1) is 0 Å². The average Bonchev–Trinajstić information content (AvgIpc) is 2.63. The highest BCUT2D eigenvalue weighted by Crippen LogP contribution is 2.24. The topological polar surface area (TPSA) is 62.3 Å². The maximum absolute atomic E-state index is 13.1. The van der Waals surface area contributed by atoms with Crippen molar-refractivity contribution in [2.24, 2.45) is 0 Å². The fourth-order valence-corrected chi connectivity index (χ4v) is 3.05. The third-order valence-corrected chi connectivity index (χ3v) is 4.30. The van der Waals surface area contributed by atoms with Crippen molar-refractivity contribution in [2.75, 3.05) is 13.1 Å². The van der Waals surface area contributed by atoms with Crippen LogP contribution in [-0.4, -0.2) is 34.8 Å². The van der Waals surface area contributed by atoms with Gasteiger partial charge in [0.15, 0.2) is 0 Å². The number of hydrogen-bond donors (Lipinski definition) is 1. The number of aryl methyl sites for hydroxylation is 1. The van der Waals surface area contributed by atoms with Gasteiger partial charge in [-0.25, -0.2) is 4.39 Å². The summed E-state index contributed by atoms with van der Waals surface area (Å²) in [5.74, 6) is -0.652. The molecule has 0 radical (unpaired) electrons. The van der Waals surface area contributed by atoms with Crippen LogP contribution in [0.1, 0.15) is 30.0 Å². The number of rotatable bonds is 5. The number of nitrogens with zero attached hydrogens (tertiary/aromatic N) is 2. The standard InChI is InChI=1S/C19H20FN3O2/c20-16-8-6-15(7-9-16)18-19(25)22-11-12-23(18)17(24)5-1-3-14-4-2-10-21-13-14/h2,4,6-10,13,18H,1,3,5,11-12H2,(H,22,25). The highest BCUT2D eigenvalue weighted by atomic mass is 19.1. The first-order chi connectivity index (χ1) is 12.1. The smallest absolute Gasteiger partial charge is 0.247 e. The van der Waals surface area contributed by atoms with Gasteiger partial charge < -0.3 is 10.2 Å². The lowest BCUT2D eigenvalue weighted by molar-refractivity contribution is -0.143. The number of carbonyl (C=O) groups excluding carboxylic acids is 2. The van der Waals surface area contributed by atoms with Crippen LogP contribution in [0.3, 0.4) is 0 Å². The lowest BCUT2D eigenvalue weighted by Gasteiger charge is -2.35. The molecule has 1 saturated heterocycles. The fraction of sp³-hybridized carbons (Fsp3) is 0.316. The summed E-state index contributed by atoms with van der Waals surface area (Å²) in [7, 11) is 0. The number of aromatic nitrogens is 1. The fourth-order valence-electron chi connectivity index (χ4n) is 3.05. The molecular weight excluding hydrogens is 321 g/mol. The van der Waals surface area contributed by atoms with Crippen molar-refractivity contribution in [2.45, 2.75) is 25.3 Å². The number of nitrogens with one attached hydrogen (secondary N) is 1. The predicted octanol–water partition coefficient (Wildman–Crippen LogP) is 2.24. The largest absolute Gasteiger partial charge is 0.352 e. The summed E-state index contributed by atoms with van der Waals surface area (Å²) < 4.78 is 13.1. The highest BCUT2D eigenvalue weighted by molar-refractivity contribution is 5.89. The van der Waals surface area contributed by atoms with Gasteiger partial charge in [-0.05, 0) is 42.2 Å². The van der Waals surface area contributed by atoms with E-state index in [2.05, 4.69) is 10.3 Å². The van der Waals surface area contributed by atoms with Crippen molar-refractivity contribution in [3.63, 3.8) is 0 Å². The molecular formula is C19H20FN3O2. The number of amides is 2. The molecule has 1 fully saturated rings. The Balaban J connectivity index is 1.66. The van der Waals surface area contributed by atoms with E-state index in [1.807, 2.05) is 12.1 Å². The summed E-state index contributed by atoms with van der Waals surface area (Å²) in [6, 6.07) is 8.89. The van der Waals surface area contributed by atoms with Crippen LogP contribution in [0.25, 0.3) is 0 Å². The van der Waals surface area contributed by atoms with Gasteiger partial charge in [0.1, 0.15) is 11.9 Å². The summed E-state index contributed by atoms with van der Waals surface area (Å²) in [4.78, 5) is 30.6. The quantitative estimate of drug-likeness (QED) is 0.907. The summed E-state index contributed by atoms with van der Waals surface area (Å²) >= 11 is 0. The van der Waals surface area contributed by atoms with E-state index in [1.54, 1.807) is 29.4 Å². The van der Waals surface area contributed by atoms with Crippen molar-refractivity contribution in [3.8, 4) is 0 Å². The third kappa shape index (κ3) is 4.21. The Labute approximate surface area is 145 Å². The zero-order valence-electron chi connectivity index (χ0n) is 13.8. The van der Waals surface area contributed by atoms with E-state index in [1.165, 1.54) is 12.1 Å². The van der Waals surface area contributed by atoms with Crippen LogP contribution in [0.2, 0.25) is 0 Å². The minimum Gasteiger partial charge on any atom is -0.352 e. The minimum absolute atomic E-state index is 0.0620. The Morgan fingerprint density at radius 3 is 2.80 bits per heavy atom. The van der Waals surface area contributed by atoms with Gasteiger partial charge >= 0.3 is 0 Å². The molecule has 0 bridgehead atoms. The van der Waals surface area contributed by atoms with E-state index in [9.17, 15) is 14.0 Å². The molecule has 1 aromatic heterocycles. The minimum atomic E-state index is -0.694. The van der Waals surface area contributed by atoms with E-state index in [4.69, 9.17) is 0 Å². The molecule has 1 atom stereocenters. The monoisotopic (exact) mass is 341 g/mol. The van der Waals surface area contributed by atoms with E-state index < -0.39 is 6.04 Å². The average molecular weight is 341 g/mol. The van der Waals surface area contributed by atoms with Gasteiger partial charge in [0.2, 0.25) is 11.8 Å². The van der Waals surface area contributed by atoms with E-state index in [0.717, 1.165) is 12.0 Å². The Morgan fingerprint density at radius 2 is 2.08 bits per heavy atom. The molecule has 1 aliphatic rings. The normalized spacial score (nSPS) is 17.2. The van der Waals surface area contributed by atoms with Gasteiger partial charge in [0.25, 0.3) is 0 Å². The first-order valence-corrected chi connectivity index (χ1v) is 8.37. The summed E-state index contributed by atoms with van der Waals surface area (Å²) in [5.41, 5.74) is 1.71. The van der Waals surface area contributed by atoms with Crippen molar-refractivity contribution in [1.29, 1.82) is 0 Å². The molecule has 0 spiro atoms. The molecule has 0 saturated carbocycles. The van der Waals surface area contributed by atoms with Crippen LogP contribution in [0.15, 0.2) is 48.8 Å². The lowest BCUT2D eigenvalue weighted by Crippen LogP contribution is -2.52. The molecule has 1 aromatic carbocycles.